The van der Waals surface area contributed by atoms with Crippen LogP contribution in [0.3, 0.4) is 0 Å². The molecule has 0 spiro atoms. The number of nitrogens with zero attached hydrogens (tertiary/aromatic N) is 1. The zero-order chi connectivity index (χ0) is 13.8. The van der Waals surface area contributed by atoms with Gasteiger partial charge in [-0.1, -0.05) is 27.7 Å². The first kappa shape index (κ1) is 15.9. The fourth-order valence-corrected chi connectivity index (χ4v) is 1.65. The summed E-state index contributed by atoms with van der Waals surface area (Å²) in [5.74, 6) is -2.14. The maximum absolute atomic E-state index is 11.8. The van der Waals surface area contributed by atoms with Gasteiger partial charge < -0.3 is 15.1 Å². The summed E-state index contributed by atoms with van der Waals surface area (Å²) in [5, 5.41) is 19.4. The fourth-order valence-electron chi connectivity index (χ4n) is 1.65. The summed E-state index contributed by atoms with van der Waals surface area (Å²) in [6.45, 7) is 7.14. The first-order valence-corrected chi connectivity index (χ1v) is 5.90. The maximum atomic E-state index is 11.8. The Morgan fingerprint density at radius 3 is 2.06 bits per heavy atom. The Balaban J connectivity index is 5.07. The normalized spacial score (nSPS) is 16.4. The number of aliphatic hydroxyl groups is 1. The van der Waals surface area contributed by atoms with Crippen molar-refractivity contribution in [3.63, 3.8) is 0 Å². The Hall–Kier alpha value is -1.10. The average molecular weight is 245 g/mol. The van der Waals surface area contributed by atoms with E-state index in [2.05, 4.69) is 0 Å². The van der Waals surface area contributed by atoms with Crippen LogP contribution < -0.4 is 0 Å². The van der Waals surface area contributed by atoms with E-state index in [1.165, 1.54) is 7.05 Å². The Bertz CT molecular complexity index is 290. The number of hydrogen-bond acceptors (Lipinski definition) is 3. The van der Waals surface area contributed by atoms with Gasteiger partial charge in [-0.25, -0.2) is 4.79 Å². The van der Waals surface area contributed by atoms with Crippen molar-refractivity contribution in [3.8, 4) is 0 Å². The molecule has 0 aliphatic heterocycles. The summed E-state index contributed by atoms with van der Waals surface area (Å²) in [4.78, 5) is 24.0. The molecule has 0 aromatic heterocycles. The first-order chi connectivity index (χ1) is 7.67. The lowest BCUT2D eigenvalue weighted by Crippen LogP contribution is -2.59. The second-order valence-corrected chi connectivity index (χ2v) is 4.89. The van der Waals surface area contributed by atoms with Gasteiger partial charge in [-0.2, -0.15) is 0 Å². The van der Waals surface area contributed by atoms with Crippen molar-refractivity contribution in [3.05, 3.63) is 0 Å². The molecule has 0 aromatic rings. The summed E-state index contributed by atoms with van der Waals surface area (Å²) < 4.78 is 0. The highest BCUT2D eigenvalue weighted by molar-refractivity contribution is 5.85. The van der Waals surface area contributed by atoms with Gasteiger partial charge in [0, 0.05) is 19.4 Å². The summed E-state index contributed by atoms with van der Waals surface area (Å²) in [7, 11) is 1.34. The zero-order valence-electron chi connectivity index (χ0n) is 11.2. The highest BCUT2D eigenvalue weighted by Crippen LogP contribution is 2.25. The van der Waals surface area contributed by atoms with E-state index in [9.17, 15) is 14.7 Å². The third-order valence-electron chi connectivity index (χ3n) is 3.08. The van der Waals surface area contributed by atoms with Crippen molar-refractivity contribution in [2.24, 2.45) is 11.8 Å². The van der Waals surface area contributed by atoms with E-state index in [0.29, 0.717) is 6.42 Å². The van der Waals surface area contributed by atoms with Gasteiger partial charge >= 0.3 is 5.97 Å². The van der Waals surface area contributed by atoms with Gasteiger partial charge in [0.25, 0.3) is 0 Å². The fraction of sp³-hybridized carbons (Fsp3) is 0.833. The van der Waals surface area contributed by atoms with Gasteiger partial charge in [-0.05, 0) is 12.3 Å². The Labute approximate surface area is 102 Å². The lowest BCUT2D eigenvalue weighted by molar-refractivity contribution is -0.196. The smallest absolute Gasteiger partial charge is 0.357 e. The third kappa shape index (κ3) is 3.43. The average Bonchev–Trinajstić information content (AvgIpc) is 2.24. The largest absolute Gasteiger partial charge is 0.478 e. The van der Waals surface area contributed by atoms with Gasteiger partial charge in [0.1, 0.15) is 0 Å². The predicted molar refractivity (Wildman–Crippen MR) is 64.3 cm³/mol. The molecule has 0 aliphatic carbocycles. The quantitative estimate of drug-likeness (QED) is 0.692. The predicted octanol–water partition coefficient (Wildman–Crippen LogP) is 1.31. The van der Waals surface area contributed by atoms with Gasteiger partial charge in [0.15, 0.2) is 0 Å². The lowest BCUT2D eigenvalue weighted by Gasteiger charge is -2.38. The number of carboxylic acid groups (broad SMARTS) is 1. The Kier molecular flexibility index (Phi) is 5.61. The third-order valence-corrected chi connectivity index (χ3v) is 3.08. The number of likely N-dealkylation sites (N-methyl/N-ethyl adjacent to an activating group) is 1. The highest BCUT2D eigenvalue weighted by Gasteiger charge is 2.47. The van der Waals surface area contributed by atoms with Crippen LogP contribution in [0.25, 0.3) is 0 Å². The molecule has 0 aromatic carbocycles. The highest BCUT2D eigenvalue weighted by atomic mass is 16.4. The van der Waals surface area contributed by atoms with E-state index in [-0.39, 0.29) is 18.2 Å². The molecule has 100 valence electrons. The number of carboxylic acids is 1. The summed E-state index contributed by atoms with van der Waals surface area (Å²) >= 11 is 0. The number of aliphatic carboxylic acids is 1. The molecule has 5 heteroatoms. The van der Waals surface area contributed by atoms with Crippen molar-refractivity contribution in [2.75, 3.05) is 7.05 Å². The number of carbonyl (C=O) groups is 2. The summed E-state index contributed by atoms with van der Waals surface area (Å²) in [6, 6.07) is 0. The van der Waals surface area contributed by atoms with E-state index in [4.69, 9.17) is 5.11 Å². The SMILES string of the molecule is CC[C@@H](C)[C@@](O)(C(=O)O)N(C)C(=O)CC(C)C. The van der Waals surface area contributed by atoms with Crippen LogP contribution in [0.2, 0.25) is 0 Å². The van der Waals surface area contributed by atoms with Crippen LogP contribution in [0.15, 0.2) is 0 Å². The molecule has 0 saturated carbocycles. The van der Waals surface area contributed by atoms with Crippen LogP contribution in [0.1, 0.15) is 40.5 Å². The lowest BCUT2D eigenvalue weighted by atomic mass is 9.93. The molecular formula is C12H23NO4. The molecule has 2 N–H and O–H groups in total. The van der Waals surface area contributed by atoms with E-state index in [0.717, 1.165) is 4.90 Å². The standard InChI is InChI=1S/C12H23NO4/c1-6-9(4)12(17,11(15)16)13(5)10(14)7-8(2)3/h8-9,17H,6-7H2,1-5H3,(H,15,16)/t9-,12-/m1/s1. The molecule has 0 rings (SSSR count). The topological polar surface area (TPSA) is 77.8 Å². The van der Waals surface area contributed by atoms with Gasteiger partial charge in [-0.15, -0.1) is 0 Å². The molecule has 17 heavy (non-hydrogen) atoms. The molecule has 0 radical (unpaired) electrons. The van der Waals surface area contributed by atoms with Crippen molar-refractivity contribution in [2.45, 2.75) is 46.3 Å². The molecule has 1 amide bonds. The molecule has 0 aliphatic rings. The van der Waals surface area contributed by atoms with Crippen LogP contribution in [0.4, 0.5) is 0 Å². The van der Waals surface area contributed by atoms with E-state index < -0.39 is 17.6 Å². The second-order valence-electron chi connectivity index (χ2n) is 4.89. The van der Waals surface area contributed by atoms with Crippen molar-refractivity contribution in [1.82, 2.24) is 4.90 Å². The van der Waals surface area contributed by atoms with Gasteiger partial charge in [0.2, 0.25) is 11.6 Å². The number of hydrogen-bond donors (Lipinski definition) is 2. The Morgan fingerprint density at radius 1 is 1.29 bits per heavy atom. The molecule has 0 fully saturated rings. The first-order valence-electron chi connectivity index (χ1n) is 5.90. The monoisotopic (exact) mass is 245 g/mol. The minimum absolute atomic E-state index is 0.125. The van der Waals surface area contributed by atoms with E-state index >= 15 is 0 Å². The van der Waals surface area contributed by atoms with Gasteiger partial charge in [0.05, 0.1) is 0 Å². The van der Waals surface area contributed by atoms with Crippen LogP contribution in [-0.4, -0.2) is 39.8 Å². The van der Waals surface area contributed by atoms with Crippen LogP contribution >= 0.6 is 0 Å². The molecule has 0 saturated heterocycles. The van der Waals surface area contributed by atoms with E-state index in [1.54, 1.807) is 13.8 Å². The molecule has 0 bridgehead atoms. The zero-order valence-corrected chi connectivity index (χ0v) is 11.2. The molecule has 2 atom stereocenters. The molecular weight excluding hydrogens is 222 g/mol. The van der Waals surface area contributed by atoms with Crippen molar-refractivity contribution in [1.29, 1.82) is 0 Å². The van der Waals surface area contributed by atoms with Crippen molar-refractivity contribution >= 4 is 11.9 Å². The van der Waals surface area contributed by atoms with Crippen LogP contribution in [0.5, 0.6) is 0 Å². The van der Waals surface area contributed by atoms with E-state index in [1.807, 2.05) is 13.8 Å². The maximum Gasteiger partial charge on any atom is 0.357 e. The van der Waals surface area contributed by atoms with Gasteiger partial charge in [-0.3, -0.25) is 4.79 Å². The Morgan fingerprint density at radius 2 is 1.76 bits per heavy atom. The minimum atomic E-state index is -2.12. The second kappa shape index (κ2) is 6.00. The summed E-state index contributed by atoms with van der Waals surface area (Å²) in [6.07, 6.45) is 0.699. The number of amides is 1. The number of carbonyl (C=O) groups excluding carboxylic acids is 1. The molecule has 5 nitrogen and oxygen atoms in total. The van der Waals surface area contributed by atoms with Crippen molar-refractivity contribution < 1.29 is 19.8 Å². The molecule has 0 heterocycles. The van der Waals surface area contributed by atoms with Crippen LogP contribution in [-0.2, 0) is 9.59 Å². The number of rotatable bonds is 6. The molecule has 0 unspecified atom stereocenters. The minimum Gasteiger partial charge on any atom is -0.478 e. The summed E-state index contributed by atoms with van der Waals surface area (Å²) in [5.41, 5.74) is -2.12. The van der Waals surface area contributed by atoms with Crippen LogP contribution in [0, 0.1) is 11.8 Å².